The fourth-order valence-corrected chi connectivity index (χ4v) is 1.85. The Kier molecular flexibility index (Phi) is 4.01. The number of halogens is 2. The molecule has 0 aliphatic carbocycles. The van der Waals surface area contributed by atoms with Gasteiger partial charge in [0.1, 0.15) is 10.9 Å². The summed E-state index contributed by atoms with van der Waals surface area (Å²) in [4.78, 5) is 8.42. The zero-order valence-electron chi connectivity index (χ0n) is 9.52. The first-order chi connectivity index (χ1) is 8.60. The molecule has 1 N–H and O–H groups in total. The first-order valence-corrected chi connectivity index (χ1v) is 5.87. The number of ether oxygens (including phenoxy) is 1. The molecule has 0 unspecified atom stereocenters. The molecule has 2 aromatic rings. The summed E-state index contributed by atoms with van der Waals surface area (Å²) in [6, 6.07) is 6.37. The van der Waals surface area contributed by atoms with Gasteiger partial charge in [-0.25, -0.2) is 9.97 Å². The SMILES string of the molecule is COCc1cc(Cl)nc(-c2ccc(O)c(Cl)c2)n1. The van der Waals surface area contributed by atoms with Gasteiger partial charge < -0.3 is 9.84 Å². The van der Waals surface area contributed by atoms with Crippen LogP contribution in [0.3, 0.4) is 0 Å². The van der Waals surface area contributed by atoms with Crippen LogP contribution < -0.4 is 0 Å². The molecule has 0 amide bonds. The van der Waals surface area contributed by atoms with E-state index in [1.807, 2.05) is 0 Å². The van der Waals surface area contributed by atoms with E-state index in [-0.39, 0.29) is 10.8 Å². The van der Waals surface area contributed by atoms with Crippen LogP contribution in [-0.4, -0.2) is 22.2 Å². The first kappa shape index (κ1) is 13.1. The Hall–Kier alpha value is -1.36. The number of nitrogens with zero attached hydrogens (tertiary/aromatic N) is 2. The minimum Gasteiger partial charge on any atom is -0.506 e. The Bertz CT molecular complexity index is 576. The van der Waals surface area contributed by atoms with Crippen LogP contribution >= 0.6 is 23.2 Å². The average Bonchev–Trinajstić information content (AvgIpc) is 2.32. The van der Waals surface area contributed by atoms with Crippen molar-refractivity contribution < 1.29 is 9.84 Å². The molecule has 0 radical (unpaired) electrons. The highest BCUT2D eigenvalue weighted by atomic mass is 35.5. The Balaban J connectivity index is 2.46. The third kappa shape index (κ3) is 2.90. The highest BCUT2D eigenvalue weighted by Gasteiger charge is 2.08. The van der Waals surface area contributed by atoms with Gasteiger partial charge in [-0.05, 0) is 24.3 Å². The summed E-state index contributed by atoms with van der Waals surface area (Å²) in [5.41, 5.74) is 1.36. The lowest BCUT2D eigenvalue weighted by Gasteiger charge is -2.05. The van der Waals surface area contributed by atoms with Crippen molar-refractivity contribution in [3.63, 3.8) is 0 Å². The van der Waals surface area contributed by atoms with Crippen LogP contribution in [0.15, 0.2) is 24.3 Å². The van der Waals surface area contributed by atoms with E-state index >= 15 is 0 Å². The maximum atomic E-state index is 9.37. The highest BCUT2D eigenvalue weighted by molar-refractivity contribution is 6.32. The first-order valence-electron chi connectivity index (χ1n) is 5.11. The number of benzene rings is 1. The van der Waals surface area contributed by atoms with Crippen molar-refractivity contribution >= 4 is 23.2 Å². The molecule has 18 heavy (non-hydrogen) atoms. The summed E-state index contributed by atoms with van der Waals surface area (Å²) in [5.74, 6) is 0.455. The summed E-state index contributed by atoms with van der Waals surface area (Å²) < 4.78 is 5.00. The van der Waals surface area contributed by atoms with Crippen molar-refractivity contribution in [1.29, 1.82) is 0 Å². The summed E-state index contributed by atoms with van der Waals surface area (Å²) in [6.07, 6.45) is 0. The lowest BCUT2D eigenvalue weighted by atomic mass is 10.2. The molecule has 1 aromatic heterocycles. The van der Waals surface area contributed by atoms with Crippen molar-refractivity contribution in [3.05, 3.63) is 40.1 Å². The Labute approximate surface area is 114 Å². The van der Waals surface area contributed by atoms with Gasteiger partial charge in [0, 0.05) is 12.7 Å². The molecule has 1 heterocycles. The van der Waals surface area contributed by atoms with Crippen LogP contribution in [0.4, 0.5) is 0 Å². The Morgan fingerprint density at radius 1 is 1.22 bits per heavy atom. The quantitative estimate of drug-likeness (QED) is 0.879. The van der Waals surface area contributed by atoms with Gasteiger partial charge in [-0.15, -0.1) is 0 Å². The van der Waals surface area contributed by atoms with Crippen LogP contribution in [0, 0.1) is 0 Å². The molecule has 0 fully saturated rings. The number of aromatic hydroxyl groups is 1. The normalized spacial score (nSPS) is 10.6. The second-order valence-electron chi connectivity index (χ2n) is 3.60. The second kappa shape index (κ2) is 5.52. The van der Waals surface area contributed by atoms with Gasteiger partial charge in [0.15, 0.2) is 5.82 Å². The average molecular weight is 285 g/mol. The molecule has 0 aliphatic rings. The highest BCUT2D eigenvalue weighted by Crippen LogP contribution is 2.28. The number of rotatable bonds is 3. The maximum absolute atomic E-state index is 9.37. The third-order valence-corrected chi connectivity index (χ3v) is 2.74. The van der Waals surface area contributed by atoms with Gasteiger partial charge in [0.05, 0.1) is 17.3 Å². The molecular formula is C12H10Cl2N2O2. The molecule has 0 saturated heterocycles. The Morgan fingerprint density at radius 2 is 2.00 bits per heavy atom. The monoisotopic (exact) mass is 284 g/mol. The van der Waals surface area contributed by atoms with Crippen molar-refractivity contribution in [2.75, 3.05) is 7.11 Å². The number of hydrogen-bond donors (Lipinski definition) is 1. The van der Waals surface area contributed by atoms with Gasteiger partial charge in [-0.2, -0.15) is 0 Å². The predicted octanol–water partition coefficient (Wildman–Crippen LogP) is 3.30. The van der Waals surface area contributed by atoms with E-state index in [1.54, 1.807) is 25.3 Å². The molecule has 1 aromatic carbocycles. The number of phenolic OH excluding ortho intramolecular Hbond substituents is 1. The number of phenols is 1. The van der Waals surface area contributed by atoms with Gasteiger partial charge in [-0.3, -0.25) is 0 Å². The van der Waals surface area contributed by atoms with Crippen molar-refractivity contribution in [1.82, 2.24) is 9.97 Å². The molecular weight excluding hydrogens is 275 g/mol. The molecule has 0 saturated carbocycles. The summed E-state index contributed by atoms with van der Waals surface area (Å²) in [7, 11) is 1.58. The number of aromatic nitrogens is 2. The minimum atomic E-state index is 0.0135. The second-order valence-corrected chi connectivity index (χ2v) is 4.40. The van der Waals surface area contributed by atoms with Gasteiger partial charge in [0.25, 0.3) is 0 Å². The molecule has 2 rings (SSSR count). The molecule has 4 nitrogen and oxygen atoms in total. The van der Waals surface area contributed by atoms with E-state index in [1.165, 1.54) is 6.07 Å². The van der Waals surface area contributed by atoms with E-state index in [4.69, 9.17) is 27.9 Å². The summed E-state index contributed by atoms with van der Waals surface area (Å²) in [5, 5.41) is 9.94. The van der Waals surface area contributed by atoms with Crippen molar-refractivity contribution in [2.24, 2.45) is 0 Å². The molecule has 94 valence electrons. The van der Waals surface area contributed by atoms with Crippen molar-refractivity contribution in [3.8, 4) is 17.1 Å². The van der Waals surface area contributed by atoms with Gasteiger partial charge in [-0.1, -0.05) is 23.2 Å². The fraction of sp³-hybridized carbons (Fsp3) is 0.167. The summed E-state index contributed by atoms with van der Waals surface area (Å²) in [6.45, 7) is 0.348. The van der Waals surface area contributed by atoms with E-state index < -0.39 is 0 Å². The Morgan fingerprint density at radius 3 is 2.67 bits per heavy atom. The van der Waals surface area contributed by atoms with E-state index in [2.05, 4.69) is 9.97 Å². The van der Waals surface area contributed by atoms with Crippen LogP contribution in [0.1, 0.15) is 5.69 Å². The molecule has 0 spiro atoms. The molecule has 6 heteroatoms. The van der Waals surface area contributed by atoms with Crippen LogP contribution in [0.25, 0.3) is 11.4 Å². The van der Waals surface area contributed by atoms with Crippen LogP contribution in [-0.2, 0) is 11.3 Å². The number of methoxy groups -OCH3 is 1. The van der Waals surface area contributed by atoms with E-state index in [9.17, 15) is 5.11 Å². The van der Waals surface area contributed by atoms with E-state index in [0.717, 1.165) is 0 Å². The van der Waals surface area contributed by atoms with Gasteiger partial charge in [0.2, 0.25) is 0 Å². The lowest BCUT2D eigenvalue weighted by Crippen LogP contribution is -1.97. The van der Waals surface area contributed by atoms with Gasteiger partial charge >= 0.3 is 0 Å². The van der Waals surface area contributed by atoms with Crippen LogP contribution in [0.5, 0.6) is 5.75 Å². The smallest absolute Gasteiger partial charge is 0.161 e. The molecule has 0 atom stereocenters. The zero-order chi connectivity index (χ0) is 13.1. The standard InChI is InChI=1S/C12H10Cl2N2O2/c1-18-6-8-5-11(14)16-12(15-8)7-2-3-10(17)9(13)4-7/h2-5,17H,6H2,1H3. The van der Waals surface area contributed by atoms with E-state index in [0.29, 0.717) is 28.8 Å². The lowest BCUT2D eigenvalue weighted by molar-refractivity contribution is 0.181. The van der Waals surface area contributed by atoms with Crippen LogP contribution in [0.2, 0.25) is 10.2 Å². The minimum absolute atomic E-state index is 0.0135. The topological polar surface area (TPSA) is 55.2 Å². The largest absolute Gasteiger partial charge is 0.506 e. The maximum Gasteiger partial charge on any atom is 0.161 e. The summed E-state index contributed by atoms with van der Waals surface area (Å²) >= 11 is 11.8. The zero-order valence-corrected chi connectivity index (χ0v) is 11.0. The molecule has 0 bridgehead atoms. The molecule has 0 aliphatic heterocycles. The fourth-order valence-electron chi connectivity index (χ4n) is 1.46. The predicted molar refractivity (Wildman–Crippen MR) is 69.9 cm³/mol. The number of hydrogen-bond acceptors (Lipinski definition) is 4. The third-order valence-electron chi connectivity index (χ3n) is 2.25. The van der Waals surface area contributed by atoms with Crippen molar-refractivity contribution in [2.45, 2.75) is 6.61 Å².